The van der Waals surface area contributed by atoms with Gasteiger partial charge in [0.1, 0.15) is 0 Å². The molecule has 7 heteroatoms. The fraction of sp³-hybridized carbons (Fsp3) is 0.429. The highest BCUT2D eigenvalue weighted by molar-refractivity contribution is 5.70. The molecule has 0 amide bonds. The van der Waals surface area contributed by atoms with Crippen LogP contribution in [0.25, 0.3) is 0 Å². The number of carbonyl (C=O) groups is 1. The van der Waals surface area contributed by atoms with Gasteiger partial charge in [-0.3, -0.25) is 4.79 Å². The number of hydrogen-bond acceptors (Lipinski definition) is 4. The first-order chi connectivity index (χ1) is 9.83. The fourth-order valence-electron chi connectivity index (χ4n) is 1.87. The molecule has 1 aromatic rings. The minimum absolute atomic E-state index is 0.118. The lowest BCUT2D eigenvalue weighted by molar-refractivity contribution is -0.140. The van der Waals surface area contributed by atoms with Crippen molar-refractivity contribution in [2.24, 2.45) is 0 Å². The van der Waals surface area contributed by atoms with Gasteiger partial charge in [0, 0.05) is 18.8 Å². The maximum absolute atomic E-state index is 12.7. The van der Waals surface area contributed by atoms with Crippen molar-refractivity contribution in [3.63, 3.8) is 0 Å². The number of nitriles is 1. The summed E-state index contributed by atoms with van der Waals surface area (Å²) in [6, 6.07) is 4.92. The Bertz CT molecular complexity index is 550. The number of alkyl halides is 3. The Labute approximate surface area is 120 Å². The first-order valence-corrected chi connectivity index (χ1v) is 6.26. The Balaban J connectivity index is 3.02. The standard InChI is InChI=1S/C14H15F3N2O2/c1-3-19(7-6-13(20)21-2)11-4-5-12(14(15,16)17)10(8-11)9-18/h4-5,8H,3,6-7H2,1-2H3. The van der Waals surface area contributed by atoms with Crippen LogP contribution in [0.1, 0.15) is 24.5 Å². The van der Waals surface area contributed by atoms with Crippen LogP contribution < -0.4 is 4.90 Å². The zero-order valence-electron chi connectivity index (χ0n) is 11.7. The van der Waals surface area contributed by atoms with Gasteiger partial charge in [-0.1, -0.05) is 0 Å². The molecule has 0 saturated heterocycles. The number of esters is 1. The summed E-state index contributed by atoms with van der Waals surface area (Å²) in [7, 11) is 1.27. The van der Waals surface area contributed by atoms with Gasteiger partial charge in [-0.25, -0.2) is 0 Å². The highest BCUT2D eigenvalue weighted by Gasteiger charge is 2.33. The van der Waals surface area contributed by atoms with E-state index in [9.17, 15) is 18.0 Å². The van der Waals surface area contributed by atoms with E-state index < -0.39 is 23.3 Å². The number of nitrogens with zero attached hydrogens (tertiary/aromatic N) is 2. The highest BCUT2D eigenvalue weighted by Crippen LogP contribution is 2.33. The number of hydrogen-bond donors (Lipinski definition) is 0. The number of ether oxygens (including phenoxy) is 1. The van der Waals surface area contributed by atoms with Crippen LogP contribution in [0, 0.1) is 11.3 Å². The second-order valence-corrected chi connectivity index (χ2v) is 4.25. The molecule has 0 radical (unpaired) electrons. The molecule has 0 heterocycles. The van der Waals surface area contributed by atoms with Crippen LogP contribution in [0.2, 0.25) is 0 Å². The Morgan fingerprint density at radius 3 is 2.57 bits per heavy atom. The van der Waals surface area contributed by atoms with E-state index >= 15 is 0 Å². The minimum atomic E-state index is -4.56. The lowest BCUT2D eigenvalue weighted by Crippen LogP contribution is -2.26. The number of methoxy groups -OCH3 is 1. The number of anilines is 1. The number of rotatable bonds is 5. The maximum Gasteiger partial charge on any atom is 0.417 e. The molecule has 0 N–H and O–H groups in total. The van der Waals surface area contributed by atoms with Gasteiger partial charge in [-0.2, -0.15) is 18.4 Å². The van der Waals surface area contributed by atoms with Gasteiger partial charge in [-0.15, -0.1) is 0 Å². The van der Waals surface area contributed by atoms with Crippen LogP contribution in [0.5, 0.6) is 0 Å². The van der Waals surface area contributed by atoms with E-state index in [0.29, 0.717) is 18.8 Å². The van der Waals surface area contributed by atoms with Crippen molar-refractivity contribution < 1.29 is 22.7 Å². The summed E-state index contributed by atoms with van der Waals surface area (Å²) >= 11 is 0. The molecule has 0 aliphatic rings. The molecule has 1 rings (SSSR count). The van der Waals surface area contributed by atoms with Crippen molar-refractivity contribution in [2.75, 3.05) is 25.1 Å². The lowest BCUT2D eigenvalue weighted by Gasteiger charge is -2.23. The molecule has 0 bridgehead atoms. The molecule has 0 spiro atoms. The van der Waals surface area contributed by atoms with Crippen LogP contribution >= 0.6 is 0 Å². The molecule has 1 aromatic carbocycles. The zero-order valence-corrected chi connectivity index (χ0v) is 11.7. The van der Waals surface area contributed by atoms with E-state index in [-0.39, 0.29) is 6.42 Å². The summed E-state index contributed by atoms with van der Waals surface area (Å²) in [5.41, 5.74) is -0.930. The second-order valence-electron chi connectivity index (χ2n) is 4.25. The number of halogens is 3. The molecule has 21 heavy (non-hydrogen) atoms. The van der Waals surface area contributed by atoms with Crippen LogP contribution in [0.15, 0.2) is 18.2 Å². The molecule has 0 fully saturated rings. The van der Waals surface area contributed by atoms with E-state index in [4.69, 9.17) is 5.26 Å². The average Bonchev–Trinajstić information content (AvgIpc) is 2.46. The molecule has 114 valence electrons. The first-order valence-electron chi connectivity index (χ1n) is 6.26. The van der Waals surface area contributed by atoms with E-state index in [1.807, 2.05) is 0 Å². The summed E-state index contributed by atoms with van der Waals surface area (Å²) < 4.78 is 42.7. The normalized spacial score (nSPS) is 10.9. The average molecular weight is 300 g/mol. The maximum atomic E-state index is 12.7. The number of carbonyl (C=O) groups excluding carboxylic acids is 1. The van der Waals surface area contributed by atoms with E-state index in [1.165, 1.54) is 19.2 Å². The third kappa shape index (κ3) is 4.38. The van der Waals surface area contributed by atoms with Crippen molar-refractivity contribution >= 4 is 11.7 Å². The van der Waals surface area contributed by atoms with Crippen molar-refractivity contribution in [1.29, 1.82) is 5.26 Å². The molecule has 0 aliphatic heterocycles. The van der Waals surface area contributed by atoms with Crippen molar-refractivity contribution in [2.45, 2.75) is 19.5 Å². The fourth-order valence-corrected chi connectivity index (χ4v) is 1.87. The van der Waals surface area contributed by atoms with Gasteiger partial charge in [0.25, 0.3) is 0 Å². The first kappa shape index (κ1) is 16.8. The molecule has 0 atom stereocenters. The summed E-state index contributed by atoms with van der Waals surface area (Å²) in [6.45, 7) is 2.60. The topological polar surface area (TPSA) is 53.3 Å². The third-order valence-electron chi connectivity index (χ3n) is 2.99. The quantitative estimate of drug-likeness (QED) is 0.785. The van der Waals surface area contributed by atoms with E-state index in [2.05, 4.69) is 4.74 Å². The summed E-state index contributed by atoms with van der Waals surface area (Å²) in [6.07, 6.45) is -4.44. The van der Waals surface area contributed by atoms with Gasteiger partial charge < -0.3 is 9.64 Å². The Morgan fingerprint density at radius 1 is 1.43 bits per heavy atom. The smallest absolute Gasteiger partial charge is 0.417 e. The largest absolute Gasteiger partial charge is 0.469 e. The van der Waals surface area contributed by atoms with E-state index in [0.717, 1.165) is 6.07 Å². The molecule has 0 aliphatic carbocycles. The predicted molar refractivity (Wildman–Crippen MR) is 70.7 cm³/mol. The highest BCUT2D eigenvalue weighted by atomic mass is 19.4. The molecule has 0 saturated carbocycles. The molecule has 0 aromatic heterocycles. The van der Waals surface area contributed by atoms with Gasteiger partial charge in [0.15, 0.2) is 0 Å². The van der Waals surface area contributed by atoms with Gasteiger partial charge in [0.05, 0.1) is 30.7 Å². The second kappa shape index (κ2) is 6.97. The summed E-state index contributed by atoms with van der Waals surface area (Å²) in [5.74, 6) is -0.402. The lowest BCUT2D eigenvalue weighted by atomic mass is 10.1. The van der Waals surface area contributed by atoms with Crippen LogP contribution in [0.4, 0.5) is 18.9 Å². The SMILES string of the molecule is CCN(CCC(=O)OC)c1ccc(C(F)(F)F)c(C#N)c1. The molecule has 0 unspecified atom stereocenters. The van der Waals surface area contributed by atoms with E-state index in [1.54, 1.807) is 17.9 Å². The molecular formula is C14H15F3N2O2. The Morgan fingerprint density at radius 2 is 2.10 bits per heavy atom. The number of benzene rings is 1. The molecular weight excluding hydrogens is 285 g/mol. The summed E-state index contributed by atoms with van der Waals surface area (Å²) in [5, 5.41) is 8.87. The van der Waals surface area contributed by atoms with Crippen LogP contribution in [-0.4, -0.2) is 26.2 Å². The third-order valence-corrected chi connectivity index (χ3v) is 2.99. The van der Waals surface area contributed by atoms with Gasteiger partial charge in [0.2, 0.25) is 0 Å². The Kier molecular flexibility index (Phi) is 5.59. The Hall–Kier alpha value is -2.23. The van der Waals surface area contributed by atoms with Crippen LogP contribution in [0.3, 0.4) is 0 Å². The summed E-state index contributed by atoms with van der Waals surface area (Å²) in [4.78, 5) is 12.8. The minimum Gasteiger partial charge on any atom is -0.469 e. The van der Waals surface area contributed by atoms with Crippen molar-refractivity contribution in [3.05, 3.63) is 29.3 Å². The van der Waals surface area contributed by atoms with Crippen molar-refractivity contribution in [3.8, 4) is 6.07 Å². The molecule has 4 nitrogen and oxygen atoms in total. The van der Waals surface area contributed by atoms with Gasteiger partial charge in [-0.05, 0) is 25.1 Å². The monoisotopic (exact) mass is 300 g/mol. The van der Waals surface area contributed by atoms with Crippen LogP contribution in [-0.2, 0) is 15.7 Å². The predicted octanol–water partition coefficient (Wildman–Crippen LogP) is 2.97. The zero-order chi connectivity index (χ0) is 16.0. The van der Waals surface area contributed by atoms with Gasteiger partial charge >= 0.3 is 12.1 Å². The van der Waals surface area contributed by atoms with Crippen molar-refractivity contribution in [1.82, 2.24) is 0 Å².